The number of carboxylic acid groups (broad SMARTS) is 1. The van der Waals surface area contributed by atoms with E-state index in [0.29, 0.717) is 18.9 Å². The fourth-order valence-electron chi connectivity index (χ4n) is 3.59. The van der Waals surface area contributed by atoms with E-state index in [0.717, 1.165) is 47.4 Å². The van der Waals surface area contributed by atoms with Gasteiger partial charge in [-0.1, -0.05) is 0 Å². The number of piperidine rings is 1. The van der Waals surface area contributed by atoms with Crippen LogP contribution >= 0.6 is 0 Å². The summed E-state index contributed by atoms with van der Waals surface area (Å²) in [6.07, 6.45) is 3.07. The van der Waals surface area contributed by atoms with Crippen molar-refractivity contribution < 1.29 is 19.1 Å². The Labute approximate surface area is 156 Å². The molecule has 27 heavy (non-hydrogen) atoms. The van der Waals surface area contributed by atoms with Crippen molar-refractivity contribution in [2.75, 3.05) is 31.1 Å². The SMILES string of the molecule is NC(=O)CN(CCC1CCN(c2nccc3cc(F)ccc23)CC1)C(=O)O. The van der Waals surface area contributed by atoms with E-state index in [1.54, 1.807) is 18.3 Å². The van der Waals surface area contributed by atoms with Crippen LogP contribution in [0, 0.1) is 11.7 Å². The van der Waals surface area contributed by atoms with Gasteiger partial charge in [0.1, 0.15) is 18.2 Å². The lowest BCUT2D eigenvalue weighted by Crippen LogP contribution is -2.40. The van der Waals surface area contributed by atoms with Crippen LogP contribution < -0.4 is 10.6 Å². The predicted molar refractivity (Wildman–Crippen MR) is 100 cm³/mol. The molecule has 8 heteroatoms. The number of amides is 2. The maximum Gasteiger partial charge on any atom is 0.407 e. The number of aromatic nitrogens is 1. The molecule has 3 rings (SSSR count). The van der Waals surface area contributed by atoms with Gasteiger partial charge in [0.25, 0.3) is 0 Å². The van der Waals surface area contributed by atoms with Gasteiger partial charge in [0.05, 0.1) is 0 Å². The number of fused-ring (bicyclic) bond motifs is 1. The molecule has 1 aromatic carbocycles. The molecule has 1 aliphatic rings. The average molecular weight is 374 g/mol. The molecule has 7 nitrogen and oxygen atoms in total. The summed E-state index contributed by atoms with van der Waals surface area (Å²) in [4.78, 5) is 29.9. The van der Waals surface area contributed by atoms with E-state index in [1.807, 2.05) is 0 Å². The van der Waals surface area contributed by atoms with Crippen molar-refractivity contribution in [3.8, 4) is 0 Å². The normalized spacial score (nSPS) is 15.1. The summed E-state index contributed by atoms with van der Waals surface area (Å²) in [5.41, 5.74) is 5.10. The van der Waals surface area contributed by atoms with Gasteiger partial charge in [-0.25, -0.2) is 14.2 Å². The number of nitrogens with two attached hydrogens (primary N) is 1. The highest BCUT2D eigenvalue weighted by molar-refractivity contribution is 5.92. The van der Waals surface area contributed by atoms with Crippen LogP contribution in [-0.2, 0) is 4.79 Å². The molecule has 0 aliphatic carbocycles. The Hall–Kier alpha value is -2.90. The molecule has 2 amide bonds. The Balaban J connectivity index is 1.59. The van der Waals surface area contributed by atoms with Crippen molar-refractivity contribution in [2.24, 2.45) is 11.7 Å². The Morgan fingerprint density at radius 1 is 1.30 bits per heavy atom. The summed E-state index contributed by atoms with van der Waals surface area (Å²) < 4.78 is 13.4. The second-order valence-corrected chi connectivity index (χ2v) is 6.89. The Morgan fingerprint density at radius 3 is 2.70 bits per heavy atom. The molecule has 0 atom stereocenters. The molecule has 0 radical (unpaired) electrons. The van der Waals surface area contributed by atoms with Crippen molar-refractivity contribution in [1.29, 1.82) is 0 Å². The lowest BCUT2D eigenvalue weighted by molar-refractivity contribution is -0.118. The molecule has 1 saturated heterocycles. The Kier molecular flexibility index (Phi) is 5.73. The molecule has 0 spiro atoms. The third-order valence-electron chi connectivity index (χ3n) is 5.04. The molecule has 1 fully saturated rings. The molecule has 144 valence electrons. The second kappa shape index (κ2) is 8.20. The first-order chi connectivity index (χ1) is 12.9. The van der Waals surface area contributed by atoms with E-state index in [1.165, 1.54) is 12.1 Å². The van der Waals surface area contributed by atoms with Gasteiger partial charge in [-0.3, -0.25) is 9.69 Å². The molecular formula is C19H23FN4O3. The van der Waals surface area contributed by atoms with E-state index < -0.39 is 12.0 Å². The van der Waals surface area contributed by atoms with Gasteiger partial charge in [0.2, 0.25) is 5.91 Å². The number of carbonyl (C=O) groups excluding carboxylic acids is 1. The van der Waals surface area contributed by atoms with E-state index in [-0.39, 0.29) is 12.4 Å². The maximum absolute atomic E-state index is 13.4. The summed E-state index contributed by atoms with van der Waals surface area (Å²) >= 11 is 0. The van der Waals surface area contributed by atoms with E-state index >= 15 is 0 Å². The summed E-state index contributed by atoms with van der Waals surface area (Å²) in [6, 6.07) is 6.51. The van der Waals surface area contributed by atoms with Gasteiger partial charge in [-0.2, -0.15) is 0 Å². The van der Waals surface area contributed by atoms with Crippen molar-refractivity contribution in [2.45, 2.75) is 19.3 Å². The number of rotatable bonds is 6. The largest absolute Gasteiger partial charge is 0.465 e. The van der Waals surface area contributed by atoms with Crippen molar-refractivity contribution in [1.82, 2.24) is 9.88 Å². The predicted octanol–water partition coefficient (Wildman–Crippen LogP) is 2.45. The van der Waals surface area contributed by atoms with Crippen LogP contribution in [-0.4, -0.2) is 53.2 Å². The lowest BCUT2D eigenvalue weighted by Gasteiger charge is -2.34. The molecule has 2 heterocycles. The number of primary amides is 1. The smallest absolute Gasteiger partial charge is 0.407 e. The molecule has 0 saturated carbocycles. The number of hydrogen-bond acceptors (Lipinski definition) is 4. The molecule has 3 N–H and O–H groups in total. The van der Waals surface area contributed by atoms with Crippen LogP contribution in [0.2, 0.25) is 0 Å². The van der Waals surface area contributed by atoms with E-state index in [4.69, 9.17) is 10.8 Å². The monoisotopic (exact) mass is 374 g/mol. The highest BCUT2D eigenvalue weighted by Gasteiger charge is 2.23. The fraction of sp³-hybridized carbons (Fsp3) is 0.421. The van der Waals surface area contributed by atoms with Crippen LogP contribution in [0.15, 0.2) is 30.5 Å². The first-order valence-corrected chi connectivity index (χ1v) is 8.99. The zero-order valence-corrected chi connectivity index (χ0v) is 15.0. The van der Waals surface area contributed by atoms with Crippen molar-refractivity contribution >= 4 is 28.6 Å². The van der Waals surface area contributed by atoms with Crippen molar-refractivity contribution in [3.63, 3.8) is 0 Å². The zero-order chi connectivity index (χ0) is 19.4. The summed E-state index contributed by atoms with van der Waals surface area (Å²) in [5, 5.41) is 10.9. The maximum atomic E-state index is 13.4. The van der Waals surface area contributed by atoms with Crippen LogP contribution in [0.25, 0.3) is 10.8 Å². The van der Waals surface area contributed by atoms with Gasteiger partial charge >= 0.3 is 6.09 Å². The molecule has 1 aliphatic heterocycles. The summed E-state index contributed by atoms with van der Waals surface area (Å²) in [6.45, 7) is 1.63. The highest BCUT2D eigenvalue weighted by atomic mass is 19.1. The number of nitrogens with zero attached hydrogens (tertiary/aromatic N) is 3. The van der Waals surface area contributed by atoms with Crippen LogP contribution in [0.1, 0.15) is 19.3 Å². The number of pyridine rings is 1. The van der Waals surface area contributed by atoms with Crippen LogP contribution in [0.4, 0.5) is 15.0 Å². The van der Waals surface area contributed by atoms with Gasteiger partial charge in [0, 0.05) is 31.2 Å². The quantitative estimate of drug-likeness (QED) is 0.809. The number of hydrogen-bond donors (Lipinski definition) is 2. The van der Waals surface area contributed by atoms with E-state index in [2.05, 4.69) is 9.88 Å². The Bertz CT molecular complexity index is 837. The first kappa shape index (κ1) is 18.9. The van der Waals surface area contributed by atoms with Gasteiger partial charge in [-0.15, -0.1) is 0 Å². The second-order valence-electron chi connectivity index (χ2n) is 6.89. The number of halogens is 1. The molecule has 1 aromatic heterocycles. The molecule has 0 bridgehead atoms. The van der Waals surface area contributed by atoms with Gasteiger partial charge < -0.3 is 15.7 Å². The highest BCUT2D eigenvalue weighted by Crippen LogP contribution is 2.29. The topological polar surface area (TPSA) is 99.8 Å². The molecular weight excluding hydrogens is 351 g/mol. The van der Waals surface area contributed by atoms with Crippen molar-refractivity contribution in [3.05, 3.63) is 36.3 Å². The van der Waals surface area contributed by atoms with Crippen LogP contribution in [0.3, 0.4) is 0 Å². The first-order valence-electron chi connectivity index (χ1n) is 8.99. The third kappa shape index (κ3) is 4.64. The molecule has 2 aromatic rings. The lowest BCUT2D eigenvalue weighted by atomic mass is 9.93. The van der Waals surface area contributed by atoms with Gasteiger partial charge in [0.15, 0.2) is 0 Å². The standard InChI is InChI=1S/C19H23FN4O3/c20-15-1-2-16-14(11-15)3-7-22-18(16)23-8-4-13(5-9-23)6-10-24(19(26)27)12-17(21)25/h1-3,7,11,13H,4-6,8-10,12H2,(H2,21,25)(H,26,27). The minimum Gasteiger partial charge on any atom is -0.465 e. The van der Waals surface area contributed by atoms with Gasteiger partial charge in [-0.05, 0) is 54.8 Å². The minimum atomic E-state index is -1.13. The third-order valence-corrected chi connectivity index (χ3v) is 5.04. The Morgan fingerprint density at radius 2 is 2.04 bits per heavy atom. The van der Waals surface area contributed by atoms with Crippen LogP contribution in [0.5, 0.6) is 0 Å². The zero-order valence-electron chi connectivity index (χ0n) is 15.0. The van der Waals surface area contributed by atoms with E-state index in [9.17, 15) is 14.0 Å². The molecule has 0 unspecified atom stereocenters. The number of benzene rings is 1. The number of carbonyl (C=O) groups is 2. The number of anilines is 1. The minimum absolute atomic E-state index is 0.266. The summed E-state index contributed by atoms with van der Waals surface area (Å²) in [5.74, 6) is 0.318. The average Bonchev–Trinajstić information content (AvgIpc) is 2.64. The fourth-order valence-corrected chi connectivity index (χ4v) is 3.59. The summed E-state index contributed by atoms with van der Waals surface area (Å²) in [7, 11) is 0.